The summed E-state index contributed by atoms with van der Waals surface area (Å²) < 4.78 is 2.06. The molecule has 3 aromatic rings. The van der Waals surface area contributed by atoms with Crippen molar-refractivity contribution < 1.29 is 4.79 Å². The third kappa shape index (κ3) is 5.49. The molecule has 4 rings (SSSR count). The van der Waals surface area contributed by atoms with E-state index in [0.29, 0.717) is 17.6 Å². The summed E-state index contributed by atoms with van der Waals surface area (Å²) in [6.45, 7) is 12.8. The van der Waals surface area contributed by atoms with E-state index in [9.17, 15) is 4.79 Å². The molecule has 0 spiro atoms. The molecule has 2 heterocycles. The minimum Gasteiger partial charge on any atom is -0.341 e. The number of carbonyl (C=O) groups excluding carboxylic acids is 1. The van der Waals surface area contributed by atoms with Gasteiger partial charge in [0.25, 0.3) is 0 Å². The van der Waals surface area contributed by atoms with Gasteiger partial charge in [-0.15, -0.1) is 10.2 Å². The van der Waals surface area contributed by atoms with Gasteiger partial charge in [-0.2, -0.15) is 0 Å². The summed E-state index contributed by atoms with van der Waals surface area (Å²) in [5.74, 6) is 2.44. The average molecular weight is 463 g/mol. The minimum atomic E-state index is 0.0937. The molecule has 1 aliphatic rings. The van der Waals surface area contributed by atoms with Gasteiger partial charge in [-0.25, -0.2) is 0 Å². The van der Waals surface area contributed by atoms with Gasteiger partial charge in [0.1, 0.15) is 0 Å². The lowest BCUT2D eigenvalue weighted by Crippen LogP contribution is -2.43. The zero-order chi connectivity index (χ0) is 23.6. The van der Waals surface area contributed by atoms with Crippen molar-refractivity contribution in [2.75, 3.05) is 18.8 Å². The molecule has 2 atom stereocenters. The van der Waals surface area contributed by atoms with Crippen LogP contribution in [0.5, 0.6) is 0 Å². The van der Waals surface area contributed by atoms with Crippen molar-refractivity contribution in [3.63, 3.8) is 0 Å². The summed E-state index contributed by atoms with van der Waals surface area (Å²) >= 11 is 1.47. The number of thioether (sulfide) groups is 1. The average Bonchev–Trinajstić information content (AvgIpc) is 3.21. The number of carbonyl (C=O) groups is 1. The van der Waals surface area contributed by atoms with Gasteiger partial charge >= 0.3 is 0 Å². The van der Waals surface area contributed by atoms with E-state index in [1.165, 1.54) is 23.7 Å². The Bertz CT molecular complexity index is 1080. The van der Waals surface area contributed by atoms with Crippen LogP contribution in [-0.4, -0.2) is 44.4 Å². The van der Waals surface area contributed by atoms with Gasteiger partial charge in [0.05, 0.1) is 5.75 Å². The Balaban J connectivity index is 1.60. The van der Waals surface area contributed by atoms with Crippen LogP contribution in [0.4, 0.5) is 0 Å². The van der Waals surface area contributed by atoms with Crippen molar-refractivity contribution in [3.05, 3.63) is 60.2 Å². The quantitative estimate of drug-likeness (QED) is 0.448. The molecule has 0 aliphatic carbocycles. The number of hydrogen-bond donors (Lipinski definition) is 0. The van der Waals surface area contributed by atoms with E-state index < -0.39 is 0 Å². The van der Waals surface area contributed by atoms with Crippen LogP contribution >= 0.6 is 11.8 Å². The molecule has 1 fully saturated rings. The molecule has 174 valence electrons. The molecular weight excluding hydrogens is 428 g/mol. The maximum absolute atomic E-state index is 13.0. The second-order valence-corrected chi connectivity index (χ2v) is 11.3. The Morgan fingerprint density at radius 1 is 0.970 bits per heavy atom. The molecule has 1 saturated heterocycles. The van der Waals surface area contributed by atoms with Crippen LogP contribution in [0.1, 0.15) is 46.6 Å². The molecule has 0 radical (unpaired) electrons. The van der Waals surface area contributed by atoms with E-state index in [4.69, 9.17) is 0 Å². The van der Waals surface area contributed by atoms with Gasteiger partial charge < -0.3 is 4.90 Å². The van der Waals surface area contributed by atoms with Crippen LogP contribution < -0.4 is 0 Å². The van der Waals surface area contributed by atoms with Crippen LogP contribution in [0.25, 0.3) is 17.1 Å². The fourth-order valence-corrected chi connectivity index (χ4v) is 5.42. The standard InChI is InChI=1S/C27H34N4OS/c1-19-15-20(2)17-30(16-19)24(32)18-33-26-29-28-25(31(26)23-9-7-6-8-10-23)21-11-13-22(14-12-21)27(3,4)5/h6-14,19-20H,15-18H2,1-5H3. The number of rotatable bonds is 5. The molecule has 2 aromatic carbocycles. The molecule has 1 aromatic heterocycles. The number of nitrogens with zero attached hydrogens (tertiary/aromatic N) is 4. The van der Waals surface area contributed by atoms with Crippen LogP contribution in [0, 0.1) is 11.8 Å². The summed E-state index contributed by atoms with van der Waals surface area (Å²) in [6.07, 6.45) is 1.19. The molecule has 33 heavy (non-hydrogen) atoms. The summed E-state index contributed by atoms with van der Waals surface area (Å²) in [7, 11) is 0. The second-order valence-electron chi connectivity index (χ2n) is 10.3. The first-order chi connectivity index (χ1) is 15.7. The zero-order valence-corrected chi connectivity index (χ0v) is 21.1. The number of likely N-dealkylation sites (tertiary alicyclic amines) is 1. The summed E-state index contributed by atoms with van der Waals surface area (Å²) in [5, 5.41) is 9.77. The topological polar surface area (TPSA) is 51.0 Å². The fourth-order valence-electron chi connectivity index (χ4n) is 4.56. The van der Waals surface area contributed by atoms with Crippen molar-refractivity contribution >= 4 is 17.7 Å². The second kappa shape index (κ2) is 9.72. The SMILES string of the molecule is CC1CC(C)CN(C(=O)CSc2nnc(-c3ccc(C(C)(C)C)cc3)n2-c2ccccc2)C1. The van der Waals surface area contributed by atoms with Crippen molar-refractivity contribution in [2.24, 2.45) is 11.8 Å². The van der Waals surface area contributed by atoms with Gasteiger partial charge in [0.2, 0.25) is 5.91 Å². The Morgan fingerprint density at radius 3 is 2.21 bits per heavy atom. The van der Waals surface area contributed by atoms with Crippen LogP contribution in [-0.2, 0) is 10.2 Å². The summed E-state index contributed by atoms with van der Waals surface area (Å²) in [5.41, 5.74) is 3.38. The monoisotopic (exact) mass is 462 g/mol. The molecule has 0 saturated carbocycles. The third-order valence-electron chi connectivity index (χ3n) is 6.20. The number of benzene rings is 2. The number of para-hydroxylation sites is 1. The molecule has 1 amide bonds. The van der Waals surface area contributed by atoms with Crippen LogP contribution in [0.2, 0.25) is 0 Å². The molecule has 5 nitrogen and oxygen atoms in total. The fraction of sp³-hybridized carbons (Fsp3) is 0.444. The molecule has 6 heteroatoms. The summed E-state index contributed by atoms with van der Waals surface area (Å²) in [4.78, 5) is 15.0. The molecule has 1 aliphatic heterocycles. The highest BCUT2D eigenvalue weighted by Crippen LogP contribution is 2.30. The van der Waals surface area contributed by atoms with Crippen molar-refractivity contribution in [2.45, 2.75) is 51.6 Å². The maximum atomic E-state index is 13.0. The lowest BCUT2D eigenvalue weighted by molar-refractivity contribution is -0.130. The normalized spacial score (nSPS) is 19.0. The number of aromatic nitrogens is 3. The predicted molar refractivity (Wildman–Crippen MR) is 136 cm³/mol. The Labute approximate surface area is 201 Å². The Hall–Kier alpha value is -2.60. The number of amides is 1. The highest BCUT2D eigenvalue weighted by Gasteiger charge is 2.26. The molecule has 2 unspecified atom stereocenters. The van der Waals surface area contributed by atoms with Gasteiger partial charge in [0.15, 0.2) is 11.0 Å². The largest absolute Gasteiger partial charge is 0.341 e. The molecular formula is C27H34N4OS. The maximum Gasteiger partial charge on any atom is 0.233 e. The number of hydrogen-bond acceptors (Lipinski definition) is 4. The first kappa shape index (κ1) is 23.6. The van der Waals surface area contributed by atoms with Crippen molar-refractivity contribution in [1.29, 1.82) is 0 Å². The first-order valence-electron chi connectivity index (χ1n) is 11.7. The molecule has 0 bridgehead atoms. The van der Waals surface area contributed by atoms with E-state index >= 15 is 0 Å². The van der Waals surface area contributed by atoms with E-state index in [0.717, 1.165) is 35.3 Å². The minimum absolute atomic E-state index is 0.0937. The van der Waals surface area contributed by atoms with Gasteiger partial charge in [-0.05, 0) is 41.4 Å². The first-order valence-corrected chi connectivity index (χ1v) is 12.7. The Morgan fingerprint density at radius 2 is 1.61 bits per heavy atom. The highest BCUT2D eigenvalue weighted by atomic mass is 32.2. The van der Waals surface area contributed by atoms with E-state index in [1.807, 2.05) is 23.1 Å². The van der Waals surface area contributed by atoms with E-state index in [-0.39, 0.29) is 11.3 Å². The van der Waals surface area contributed by atoms with E-state index in [2.05, 4.69) is 85.8 Å². The number of piperidine rings is 1. The zero-order valence-electron chi connectivity index (χ0n) is 20.3. The van der Waals surface area contributed by atoms with Gasteiger partial charge in [-0.3, -0.25) is 9.36 Å². The van der Waals surface area contributed by atoms with E-state index in [1.54, 1.807) is 0 Å². The van der Waals surface area contributed by atoms with Crippen molar-refractivity contribution in [3.8, 4) is 17.1 Å². The van der Waals surface area contributed by atoms with Crippen molar-refractivity contribution in [1.82, 2.24) is 19.7 Å². The summed E-state index contributed by atoms with van der Waals surface area (Å²) in [6, 6.07) is 18.7. The van der Waals surface area contributed by atoms with Crippen LogP contribution in [0.15, 0.2) is 59.8 Å². The highest BCUT2D eigenvalue weighted by molar-refractivity contribution is 7.99. The lowest BCUT2D eigenvalue weighted by atomic mass is 9.87. The smallest absolute Gasteiger partial charge is 0.233 e. The third-order valence-corrected chi connectivity index (χ3v) is 7.12. The predicted octanol–water partition coefficient (Wildman–Crippen LogP) is 5.83. The lowest BCUT2D eigenvalue weighted by Gasteiger charge is -2.34. The van der Waals surface area contributed by atoms with Gasteiger partial charge in [-0.1, -0.05) is 88.8 Å². The Kier molecular flexibility index (Phi) is 6.94. The van der Waals surface area contributed by atoms with Crippen LogP contribution in [0.3, 0.4) is 0 Å². The van der Waals surface area contributed by atoms with Gasteiger partial charge in [0, 0.05) is 24.3 Å². The molecule has 0 N–H and O–H groups in total.